The van der Waals surface area contributed by atoms with Crippen molar-refractivity contribution in [3.63, 3.8) is 0 Å². The van der Waals surface area contributed by atoms with Crippen LogP contribution in [-0.2, 0) is 16.4 Å². The van der Waals surface area contributed by atoms with Crippen LogP contribution in [0.15, 0.2) is 16.3 Å². The van der Waals surface area contributed by atoms with E-state index in [9.17, 15) is 8.42 Å². The monoisotopic (exact) mass is 328 g/mol. The Morgan fingerprint density at radius 2 is 1.90 bits per heavy atom. The highest BCUT2D eigenvalue weighted by atomic mass is 32.2. The molecule has 0 spiro atoms. The molecule has 1 aliphatic carbocycles. The maximum absolute atomic E-state index is 12.7. The number of thiophene rings is 1. The molecular weight excluding hydrogens is 304 g/mol. The zero-order valence-corrected chi connectivity index (χ0v) is 14.4. The minimum absolute atomic E-state index is 0.503. The molecule has 1 aliphatic heterocycles. The highest BCUT2D eigenvalue weighted by Crippen LogP contribution is 2.35. The summed E-state index contributed by atoms with van der Waals surface area (Å²) in [6, 6.07) is 4.31. The predicted octanol–water partition coefficient (Wildman–Crippen LogP) is 2.42. The summed E-state index contributed by atoms with van der Waals surface area (Å²) in [6.45, 7) is 7.32. The maximum Gasteiger partial charge on any atom is 0.252 e. The number of hydrogen-bond donors (Lipinski definition) is 0. The van der Waals surface area contributed by atoms with E-state index >= 15 is 0 Å². The van der Waals surface area contributed by atoms with E-state index in [1.165, 1.54) is 24.2 Å². The smallest absolute Gasteiger partial charge is 0.252 e. The summed E-state index contributed by atoms with van der Waals surface area (Å²) in [7, 11) is -3.28. The van der Waals surface area contributed by atoms with Gasteiger partial charge >= 0.3 is 0 Å². The molecule has 0 bridgehead atoms. The summed E-state index contributed by atoms with van der Waals surface area (Å²) < 4.78 is 27.5. The van der Waals surface area contributed by atoms with Crippen molar-refractivity contribution in [2.24, 2.45) is 5.92 Å². The molecule has 2 fully saturated rings. The molecular formula is C15H24N2O2S2. The van der Waals surface area contributed by atoms with Gasteiger partial charge in [0.25, 0.3) is 10.0 Å². The number of rotatable bonds is 5. The third-order valence-electron chi connectivity index (χ3n) is 4.73. The van der Waals surface area contributed by atoms with Crippen molar-refractivity contribution in [3.05, 3.63) is 17.0 Å². The van der Waals surface area contributed by atoms with Crippen molar-refractivity contribution >= 4 is 21.4 Å². The summed E-state index contributed by atoms with van der Waals surface area (Å²) >= 11 is 1.41. The van der Waals surface area contributed by atoms with Crippen LogP contribution in [0.4, 0.5) is 0 Å². The van der Waals surface area contributed by atoms with Gasteiger partial charge in [-0.2, -0.15) is 4.31 Å². The maximum atomic E-state index is 12.7. The highest BCUT2D eigenvalue weighted by Gasteiger charge is 2.36. The van der Waals surface area contributed by atoms with E-state index in [-0.39, 0.29) is 0 Å². The number of nitrogens with zero attached hydrogens (tertiary/aromatic N) is 2. The van der Waals surface area contributed by atoms with E-state index in [2.05, 4.69) is 18.7 Å². The third kappa shape index (κ3) is 3.18. The third-order valence-corrected chi connectivity index (χ3v) is 8.33. The number of hydrogen-bond acceptors (Lipinski definition) is 4. The highest BCUT2D eigenvalue weighted by molar-refractivity contribution is 7.91. The van der Waals surface area contributed by atoms with Crippen LogP contribution in [0.1, 0.15) is 31.6 Å². The Balaban J connectivity index is 1.65. The Hall–Kier alpha value is -0.430. The largest absolute Gasteiger partial charge is 0.298 e. The molecule has 0 aromatic carbocycles. The lowest BCUT2D eigenvalue weighted by molar-refractivity contribution is 0.133. The average Bonchev–Trinajstić information content (AvgIpc) is 3.23. The van der Waals surface area contributed by atoms with Crippen molar-refractivity contribution < 1.29 is 8.42 Å². The molecule has 6 heteroatoms. The Morgan fingerprint density at radius 1 is 1.24 bits per heavy atom. The molecule has 4 nitrogen and oxygen atoms in total. The van der Waals surface area contributed by atoms with E-state index in [4.69, 9.17) is 0 Å². The van der Waals surface area contributed by atoms with Crippen LogP contribution in [0.25, 0.3) is 0 Å². The first-order chi connectivity index (χ1) is 10.0. The van der Waals surface area contributed by atoms with Gasteiger partial charge in [-0.05, 0) is 44.2 Å². The second-order valence-corrected chi connectivity index (χ2v) is 9.43. The summed E-state index contributed by atoms with van der Waals surface area (Å²) in [5.41, 5.74) is 0. The van der Waals surface area contributed by atoms with E-state index in [1.807, 2.05) is 6.07 Å². The zero-order valence-electron chi connectivity index (χ0n) is 12.8. The first-order valence-electron chi connectivity index (χ1n) is 7.85. The van der Waals surface area contributed by atoms with Crippen LogP contribution in [0.5, 0.6) is 0 Å². The van der Waals surface area contributed by atoms with Crippen molar-refractivity contribution in [2.75, 3.05) is 26.2 Å². The number of aryl methyl sites for hydroxylation is 1. The van der Waals surface area contributed by atoms with E-state index in [0.717, 1.165) is 30.3 Å². The molecule has 0 amide bonds. The van der Waals surface area contributed by atoms with Crippen molar-refractivity contribution in [2.45, 2.75) is 43.4 Å². The lowest BCUT2D eigenvalue weighted by Gasteiger charge is -2.37. The Morgan fingerprint density at radius 3 is 2.43 bits per heavy atom. The molecule has 1 unspecified atom stereocenters. The first-order valence-corrected chi connectivity index (χ1v) is 10.1. The fraction of sp³-hybridized carbons (Fsp3) is 0.733. The fourth-order valence-corrected chi connectivity index (χ4v) is 5.91. The summed E-state index contributed by atoms with van der Waals surface area (Å²) in [6.07, 6.45) is 3.58. The molecule has 0 N–H and O–H groups in total. The van der Waals surface area contributed by atoms with Crippen LogP contribution in [0.2, 0.25) is 0 Å². The van der Waals surface area contributed by atoms with E-state index in [1.54, 1.807) is 10.4 Å². The Kier molecular flexibility index (Phi) is 4.41. The Bertz CT molecular complexity index is 585. The molecule has 1 saturated carbocycles. The van der Waals surface area contributed by atoms with Gasteiger partial charge in [-0.25, -0.2) is 8.42 Å². The second kappa shape index (κ2) is 5.99. The molecule has 2 aliphatic rings. The van der Waals surface area contributed by atoms with Crippen LogP contribution in [-0.4, -0.2) is 49.8 Å². The van der Waals surface area contributed by atoms with Gasteiger partial charge in [-0.3, -0.25) is 4.90 Å². The molecule has 2 heterocycles. The summed E-state index contributed by atoms with van der Waals surface area (Å²) in [5.74, 6) is 0.845. The minimum atomic E-state index is -3.28. The Labute approximate surface area is 131 Å². The predicted molar refractivity (Wildman–Crippen MR) is 86.2 cm³/mol. The van der Waals surface area contributed by atoms with E-state index in [0.29, 0.717) is 23.3 Å². The standard InChI is InChI=1S/C15H24N2O2S2/c1-3-14-6-7-15(20-14)21(18,19)17-10-8-16(9-11-17)12(2)13-4-5-13/h6-7,12-13H,3-5,8-11H2,1-2H3. The lowest BCUT2D eigenvalue weighted by atomic mass is 10.1. The first kappa shape index (κ1) is 15.5. The molecule has 1 aromatic rings. The fourth-order valence-electron chi connectivity index (χ4n) is 3.04. The number of sulfonamides is 1. The summed E-state index contributed by atoms with van der Waals surface area (Å²) in [4.78, 5) is 3.59. The number of piperazine rings is 1. The SMILES string of the molecule is CCc1ccc(S(=O)(=O)N2CCN(C(C)C3CC3)CC2)s1. The summed E-state index contributed by atoms with van der Waals surface area (Å²) in [5, 5.41) is 0. The van der Waals surface area contributed by atoms with Gasteiger partial charge < -0.3 is 0 Å². The van der Waals surface area contributed by atoms with Crippen LogP contribution >= 0.6 is 11.3 Å². The van der Waals surface area contributed by atoms with Gasteiger partial charge in [0.15, 0.2) is 0 Å². The second-order valence-electron chi connectivity index (χ2n) is 6.09. The van der Waals surface area contributed by atoms with Gasteiger partial charge in [0.05, 0.1) is 0 Å². The minimum Gasteiger partial charge on any atom is -0.298 e. The molecule has 1 aromatic heterocycles. The quantitative estimate of drug-likeness (QED) is 0.833. The molecule has 118 valence electrons. The van der Waals surface area contributed by atoms with Gasteiger partial charge in [0.2, 0.25) is 0 Å². The molecule has 1 atom stereocenters. The van der Waals surface area contributed by atoms with Crippen molar-refractivity contribution in [3.8, 4) is 0 Å². The molecule has 21 heavy (non-hydrogen) atoms. The molecule has 3 rings (SSSR count). The van der Waals surface area contributed by atoms with Gasteiger partial charge in [-0.15, -0.1) is 11.3 Å². The molecule has 1 saturated heterocycles. The lowest BCUT2D eigenvalue weighted by Crippen LogP contribution is -2.51. The van der Waals surface area contributed by atoms with E-state index < -0.39 is 10.0 Å². The zero-order chi connectivity index (χ0) is 15.0. The van der Waals surface area contributed by atoms with Crippen LogP contribution in [0.3, 0.4) is 0 Å². The van der Waals surface area contributed by atoms with Gasteiger partial charge in [0, 0.05) is 37.1 Å². The van der Waals surface area contributed by atoms with Crippen LogP contribution in [0, 0.1) is 5.92 Å². The molecule has 0 radical (unpaired) electrons. The van der Waals surface area contributed by atoms with Crippen molar-refractivity contribution in [1.82, 2.24) is 9.21 Å². The average molecular weight is 329 g/mol. The van der Waals surface area contributed by atoms with Gasteiger partial charge in [-0.1, -0.05) is 6.92 Å². The van der Waals surface area contributed by atoms with Crippen molar-refractivity contribution in [1.29, 1.82) is 0 Å². The normalized spacial score (nSPS) is 23.3. The topological polar surface area (TPSA) is 40.6 Å². The van der Waals surface area contributed by atoms with Crippen LogP contribution < -0.4 is 0 Å². The van der Waals surface area contributed by atoms with Gasteiger partial charge in [0.1, 0.15) is 4.21 Å².